The number of fused-ring (bicyclic) bond motifs is 1. The molecule has 3 rings (SSSR count). The van der Waals surface area contributed by atoms with Gasteiger partial charge in [-0.25, -0.2) is 4.98 Å². The van der Waals surface area contributed by atoms with E-state index in [1.165, 1.54) is 0 Å². The second-order valence-corrected chi connectivity index (χ2v) is 6.62. The molecule has 0 radical (unpaired) electrons. The van der Waals surface area contributed by atoms with Crippen LogP contribution in [0.3, 0.4) is 0 Å². The fraction of sp³-hybridized carbons (Fsp3) is 0.500. The maximum Gasteiger partial charge on any atom is 0.314 e. The Morgan fingerprint density at radius 2 is 2.17 bits per heavy atom. The molecule has 3 heterocycles. The molecule has 0 unspecified atom stereocenters. The Morgan fingerprint density at radius 3 is 2.88 bits per heavy atom. The van der Waals surface area contributed by atoms with Crippen molar-refractivity contribution in [1.29, 1.82) is 0 Å². The lowest BCUT2D eigenvalue weighted by Crippen LogP contribution is -2.41. The molecular weight excluding hydrogens is 306 g/mol. The molecule has 0 saturated carbocycles. The van der Waals surface area contributed by atoms with E-state index in [1.54, 1.807) is 23.4 Å². The third-order valence-electron chi connectivity index (χ3n) is 5.01. The molecule has 128 valence electrons. The molecule has 6 nitrogen and oxygen atoms in total. The fourth-order valence-corrected chi connectivity index (χ4v) is 3.38. The van der Waals surface area contributed by atoms with Gasteiger partial charge in [0.05, 0.1) is 17.6 Å². The minimum absolute atomic E-state index is 0.0579. The molecule has 1 atom stereocenters. The van der Waals surface area contributed by atoms with Crippen LogP contribution in [-0.2, 0) is 9.53 Å². The van der Waals surface area contributed by atoms with Gasteiger partial charge < -0.3 is 14.0 Å². The maximum atomic E-state index is 12.8. The van der Waals surface area contributed by atoms with Gasteiger partial charge in [0.15, 0.2) is 0 Å². The smallest absolute Gasteiger partial charge is 0.314 e. The number of rotatable bonds is 4. The van der Waals surface area contributed by atoms with Gasteiger partial charge in [0.2, 0.25) is 0 Å². The number of nitrogens with zero attached hydrogens (tertiary/aromatic N) is 3. The highest BCUT2D eigenvalue weighted by atomic mass is 16.5. The van der Waals surface area contributed by atoms with Crippen molar-refractivity contribution < 1.29 is 14.3 Å². The summed E-state index contributed by atoms with van der Waals surface area (Å²) >= 11 is 0. The van der Waals surface area contributed by atoms with Gasteiger partial charge in [-0.15, -0.1) is 0 Å². The van der Waals surface area contributed by atoms with Crippen molar-refractivity contribution in [2.75, 3.05) is 19.7 Å². The SMILES string of the molecule is CCOC(=O)[C@@]1(C(C)C)CCN(C(=O)c2ccc3nccn3c2)C1. The number of imidazole rings is 1. The topological polar surface area (TPSA) is 63.9 Å². The summed E-state index contributed by atoms with van der Waals surface area (Å²) in [5.41, 5.74) is 0.796. The highest BCUT2D eigenvalue weighted by Crippen LogP contribution is 2.39. The Kier molecular flexibility index (Phi) is 4.30. The van der Waals surface area contributed by atoms with Gasteiger partial charge in [0.1, 0.15) is 5.65 Å². The number of aromatic nitrogens is 2. The first-order valence-electron chi connectivity index (χ1n) is 8.37. The van der Waals surface area contributed by atoms with E-state index < -0.39 is 5.41 Å². The zero-order valence-electron chi connectivity index (χ0n) is 14.4. The lowest BCUT2D eigenvalue weighted by atomic mass is 9.76. The number of esters is 1. The van der Waals surface area contributed by atoms with Crippen molar-refractivity contribution in [3.05, 3.63) is 36.3 Å². The number of ether oxygens (including phenoxy) is 1. The molecule has 1 aliphatic heterocycles. The summed E-state index contributed by atoms with van der Waals surface area (Å²) in [6, 6.07) is 3.61. The van der Waals surface area contributed by atoms with Gasteiger partial charge in [-0.1, -0.05) is 13.8 Å². The molecule has 1 fully saturated rings. The Morgan fingerprint density at radius 1 is 1.38 bits per heavy atom. The van der Waals surface area contributed by atoms with Crippen LogP contribution in [0.1, 0.15) is 37.6 Å². The van der Waals surface area contributed by atoms with Crippen molar-refractivity contribution in [2.45, 2.75) is 27.2 Å². The number of likely N-dealkylation sites (tertiary alicyclic amines) is 1. The summed E-state index contributed by atoms with van der Waals surface area (Å²) in [5, 5.41) is 0. The predicted molar refractivity (Wildman–Crippen MR) is 89.6 cm³/mol. The highest BCUT2D eigenvalue weighted by Gasteiger charge is 2.49. The molecule has 0 N–H and O–H groups in total. The predicted octanol–water partition coefficient (Wildman–Crippen LogP) is 2.39. The monoisotopic (exact) mass is 329 g/mol. The van der Waals surface area contributed by atoms with Crippen LogP contribution in [0.5, 0.6) is 0 Å². The van der Waals surface area contributed by atoms with Crippen LogP contribution in [0.2, 0.25) is 0 Å². The summed E-state index contributed by atoms with van der Waals surface area (Å²) in [7, 11) is 0. The number of hydrogen-bond donors (Lipinski definition) is 0. The van der Waals surface area contributed by atoms with Crippen LogP contribution in [0.4, 0.5) is 0 Å². The standard InChI is InChI=1S/C18H23N3O3/c1-4-24-17(23)18(13(2)3)7-9-21(12-18)16(22)14-5-6-15-19-8-10-20(15)11-14/h5-6,8,10-11,13H,4,7,9,12H2,1-3H3/t18-/m0/s1. The molecule has 0 bridgehead atoms. The van der Waals surface area contributed by atoms with Gasteiger partial charge in [-0.2, -0.15) is 0 Å². The lowest BCUT2D eigenvalue weighted by Gasteiger charge is -2.30. The molecule has 6 heteroatoms. The molecule has 0 aromatic carbocycles. The Bertz CT molecular complexity index is 768. The first kappa shape index (κ1) is 16.5. The van der Waals surface area contributed by atoms with Gasteiger partial charge in [0, 0.05) is 31.7 Å². The van der Waals surface area contributed by atoms with Gasteiger partial charge >= 0.3 is 5.97 Å². The largest absolute Gasteiger partial charge is 0.466 e. The van der Waals surface area contributed by atoms with Crippen LogP contribution in [0.25, 0.3) is 5.65 Å². The minimum atomic E-state index is -0.606. The zero-order chi connectivity index (χ0) is 17.3. The molecule has 1 aliphatic rings. The summed E-state index contributed by atoms with van der Waals surface area (Å²) in [5.74, 6) is -0.136. The second kappa shape index (κ2) is 6.26. The summed E-state index contributed by atoms with van der Waals surface area (Å²) < 4.78 is 7.11. The van der Waals surface area contributed by atoms with E-state index in [2.05, 4.69) is 4.98 Å². The number of hydrogen-bond acceptors (Lipinski definition) is 4. The third-order valence-corrected chi connectivity index (χ3v) is 5.01. The fourth-order valence-electron chi connectivity index (χ4n) is 3.38. The minimum Gasteiger partial charge on any atom is -0.466 e. The van der Waals surface area contributed by atoms with Gasteiger partial charge in [0.25, 0.3) is 5.91 Å². The lowest BCUT2D eigenvalue weighted by molar-refractivity contribution is -0.157. The van der Waals surface area contributed by atoms with Crippen molar-refractivity contribution in [3.63, 3.8) is 0 Å². The van der Waals surface area contributed by atoms with E-state index in [0.29, 0.717) is 31.7 Å². The Hall–Kier alpha value is -2.37. The Balaban J connectivity index is 1.82. The molecule has 0 spiro atoms. The quantitative estimate of drug-likeness (QED) is 0.808. The second-order valence-electron chi connectivity index (χ2n) is 6.62. The molecule has 1 saturated heterocycles. The van der Waals surface area contributed by atoms with Crippen LogP contribution in [-0.4, -0.2) is 45.9 Å². The molecule has 2 aromatic rings. The Labute approximate surface area is 141 Å². The van der Waals surface area contributed by atoms with Crippen LogP contribution < -0.4 is 0 Å². The summed E-state index contributed by atoms with van der Waals surface area (Å²) in [6.07, 6.45) is 5.93. The first-order chi connectivity index (χ1) is 11.5. The van der Waals surface area contributed by atoms with Crippen molar-refractivity contribution >= 4 is 17.5 Å². The normalized spacial score (nSPS) is 20.8. The van der Waals surface area contributed by atoms with E-state index in [9.17, 15) is 9.59 Å². The average Bonchev–Trinajstić information content (AvgIpc) is 3.21. The van der Waals surface area contributed by atoms with Crippen LogP contribution in [0, 0.1) is 11.3 Å². The van der Waals surface area contributed by atoms with Crippen molar-refractivity contribution in [3.8, 4) is 0 Å². The van der Waals surface area contributed by atoms with E-state index in [0.717, 1.165) is 5.65 Å². The summed E-state index contributed by atoms with van der Waals surface area (Å²) in [4.78, 5) is 31.3. The molecule has 1 amide bonds. The number of amides is 1. The molecule has 0 aliphatic carbocycles. The van der Waals surface area contributed by atoms with Crippen molar-refractivity contribution in [1.82, 2.24) is 14.3 Å². The molecule has 24 heavy (non-hydrogen) atoms. The van der Waals surface area contributed by atoms with E-state index in [4.69, 9.17) is 4.74 Å². The van der Waals surface area contributed by atoms with Crippen LogP contribution >= 0.6 is 0 Å². The van der Waals surface area contributed by atoms with E-state index >= 15 is 0 Å². The van der Waals surface area contributed by atoms with Crippen molar-refractivity contribution in [2.24, 2.45) is 11.3 Å². The number of pyridine rings is 1. The van der Waals surface area contributed by atoms with Gasteiger partial charge in [-0.3, -0.25) is 9.59 Å². The third kappa shape index (κ3) is 2.66. The maximum absolute atomic E-state index is 12.8. The first-order valence-corrected chi connectivity index (χ1v) is 8.37. The highest BCUT2D eigenvalue weighted by molar-refractivity contribution is 5.95. The zero-order valence-corrected chi connectivity index (χ0v) is 14.4. The number of carbonyl (C=O) groups excluding carboxylic acids is 2. The number of carbonyl (C=O) groups is 2. The van der Waals surface area contributed by atoms with E-state index in [-0.39, 0.29) is 17.8 Å². The average molecular weight is 329 g/mol. The van der Waals surface area contributed by atoms with Gasteiger partial charge in [-0.05, 0) is 31.4 Å². The summed E-state index contributed by atoms with van der Waals surface area (Å²) in [6.45, 7) is 7.18. The van der Waals surface area contributed by atoms with Crippen LogP contribution in [0.15, 0.2) is 30.7 Å². The van der Waals surface area contributed by atoms with E-state index in [1.807, 2.05) is 37.4 Å². The molecular formula is C18H23N3O3. The molecule has 2 aromatic heterocycles.